The van der Waals surface area contributed by atoms with Gasteiger partial charge in [0, 0.05) is 11.1 Å². The fourth-order valence-corrected chi connectivity index (χ4v) is 0.916. The summed E-state index contributed by atoms with van der Waals surface area (Å²) in [6.45, 7) is 5.58. The predicted molar refractivity (Wildman–Crippen MR) is 58.8 cm³/mol. The van der Waals surface area contributed by atoms with Crippen molar-refractivity contribution in [3.8, 4) is 0 Å². The third-order valence-corrected chi connectivity index (χ3v) is 1.66. The van der Waals surface area contributed by atoms with Gasteiger partial charge in [-0.3, -0.25) is 0 Å². The standard InChI is InChI=1S/C12H14F2NO/c1-12(2,3)16-15-8-9-4-6-10(7-5-9)11(13)14/h4-7,11H,1-3H3. The van der Waals surface area contributed by atoms with Crippen LogP contribution in [0.2, 0.25) is 0 Å². The van der Waals surface area contributed by atoms with Gasteiger partial charge in [-0.25, -0.2) is 8.78 Å². The van der Waals surface area contributed by atoms with Gasteiger partial charge in [0.15, 0.2) is 0 Å². The van der Waals surface area contributed by atoms with Crippen molar-refractivity contribution in [3.05, 3.63) is 35.4 Å². The molecule has 0 fully saturated rings. The Morgan fingerprint density at radius 3 is 2.19 bits per heavy atom. The van der Waals surface area contributed by atoms with Crippen LogP contribution in [-0.4, -0.2) is 11.8 Å². The highest BCUT2D eigenvalue weighted by atomic mass is 19.3. The number of halogens is 2. The van der Waals surface area contributed by atoms with E-state index in [0.717, 1.165) is 0 Å². The molecule has 1 radical (unpaired) electrons. The van der Waals surface area contributed by atoms with E-state index in [9.17, 15) is 8.78 Å². The predicted octanol–water partition coefficient (Wildman–Crippen LogP) is 3.65. The van der Waals surface area contributed by atoms with E-state index in [1.54, 1.807) is 0 Å². The van der Waals surface area contributed by atoms with Crippen molar-refractivity contribution in [1.82, 2.24) is 0 Å². The Kier molecular flexibility index (Phi) is 3.99. The van der Waals surface area contributed by atoms with Gasteiger partial charge in [-0.2, -0.15) is 0 Å². The van der Waals surface area contributed by atoms with E-state index in [1.807, 2.05) is 20.8 Å². The molecule has 1 rings (SSSR count). The van der Waals surface area contributed by atoms with Crippen LogP contribution in [0.15, 0.2) is 29.4 Å². The zero-order chi connectivity index (χ0) is 12.2. The Labute approximate surface area is 93.9 Å². The van der Waals surface area contributed by atoms with Crippen LogP contribution in [0, 0.1) is 0 Å². The summed E-state index contributed by atoms with van der Waals surface area (Å²) in [5, 5.41) is 3.65. The number of benzene rings is 1. The molecule has 0 spiro atoms. The maximum atomic E-state index is 12.2. The highest BCUT2D eigenvalue weighted by Crippen LogP contribution is 2.18. The van der Waals surface area contributed by atoms with Crippen LogP contribution < -0.4 is 0 Å². The molecule has 0 saturated heterocycles. The molecule has 0 aliphatic rings. The van der Waals surface area contributed by atoms with E-state index >= 15 is 0 Å². The van der Waals surface area contributed by atoms with Crippen LogP contribution in [0.4, 0.5) is 8.78 Å². The summed E-state index contributed by atoms with van der Waals surface area (Å²) >= 11 is 0. The SMILES string of the molecule is CC(C)(C)O/N=[C]/c1ccc(C(F)F)cc1. The van der Waals surface area contributed by atoms with Crippen LogP contribution in [0.25, 0.3) is 0 Å². The topological polar surface area (TPSA) is 21.6 Å². The van der Waals surface area contributed by atoms with Gasteiger partial charge in [0.2, 0.25) is 0 Å². The first-order valence-corrected chi connectivity index (χ1v) is 4.91. The first kappa shape index (κ1) is 12.6. The zero-order valence-electron chi connectivity index (χ0n) is 9.50. The third kappa shape index (κ3) is 4.38. The van der Waals surface area contributed by atoms with E-state index in [4.69, 9.17) is 4.84 Å². The molecule has 0 saturated carbocycles. The lowest BCUT2D eigenvalue weighted by Crippen LogP contribution is -2.15. The van der Waals surface area contributed by atoms with E-state index < -0.39 is 6.43 Å². The van der Waals surface area contributed by atoms with E-state index in [0.29, 0.717) is 5.56 Å². The highest BCUT2D eigenvalue weighted by Gasteiger charge is 2.09. The van der Waals surface area contributed by atoms with Gasteiger partial charge in [-0.1, -0.05) is 29.4 Å². The molecule has 0 aliphatic heterocycles. The lowest BCUT2D eigenvalue weighted by Gasteiger charge is -2.14. The molecule has 4 heteroatoms. The van der Waals surface area contributed by atoms with Crippen LogP contribution >= 0.6 is 0 Å². The second kappa shape index (κ2) is 5.05. The van der Waals surface area contributed by atoms with Gasteiger partial charge in [-0.05, 0) is 20.8 Å². The third-order valence-electron chi connectivity index (χ3n) is 1.66. The molecule has 87 valence electrons. The lowest BCUT2D eigenvalue weighted by atomic mass is 10.1. The summed E-state index contributed by atoms with van der Waals surface area (Å²) in [6.07, 6.45) is 0.178. The molecule has 0 aliphatic carbocycles. The minimum absolute atomic E-state index is 0.0118. The van der Waals surface area contributed by atoms with Gasteiger partial charge < -0.3 is 4.84 Å². The molecule has 2 nitrogen and oxygen atoms in total. The van der Waals surface area contributed by atoms with Gasteiger partial charge in [0.25, 0.3) is 6.43 Å². The number of hydrogen-bond donors (Lipinski definition) is 0. The molecule has 0 aromatic heterocycles. The maximum absolute atomic E-state index is 12.2. The van der Waals surface area contributed by atoms with E-state index in [-0.39, 0.29) is 11.2 Å². The first-order chi connectivity index (χ1) is 7.38. The van der Waals surface area contributed by atoms with Gasteiger partial charge >= 0.3 is 0 Å². The molecular formula is C12H14F2NO. The van der Waals surface area contributed by atoms with Crippen molar-refractivity contribution in [2.24, 2.45) is 5.16 Å². The lowest BCUT2D eigenvalue weighted by molar-refractivity contribution is 0.00199. The van der Waals surface area contributed by atoms with E-state index in [2.05, 4.69) is 11.4 Å². The molecule has 0 N–H and O–H groups in total. The molecule has 0 bridgehead atoms. The summed E-state index contributed by atoms with van der Waals surface area (Å²) in [5.74, 6) is 0. The summed E-state index contributed by atoms with van der Waals surface area (Å²) < 4.78 is 24.5. The Balaban J connectivity index is 2.62. The number of hydrogen-bond acceptors (Lipinski definition) is 2. The molecule has 0 heterocycles. The molecule has 16 heavy (non-hydrogen) atoms. The molecule has 0 amide bonds. The molecule has 1 aromatic rings. The summed E-state index contributed by atoms with van der Waals surface area (Å²) in [6, 6.07) is 5.74. The fourth-order valence-electron chi connectivity index (χ4n) is 0.916. The van der Waals surface area contributed by atoms with Crippen molar-refractivity contribution >= 4 is 6.21 Å². The second-order valence-corrected chi connectivity index (χ2v) is 4.33. The largest absolute Gasteiger partial charge is 0.390 e. The van der Waals surface area contributed by atoms with Crippen LogP contribution in [0.3, 0.4) is 0 Å². The molecule has 0 atom stereocenters. The Morgan fingerprint density at radius 2 is 1.75 bits per heavy atom. The van der Waals surface area contributed by atoms with Gasteiger partial charge in [0.1, 0.15) is 11.8 Å². The average molecular weight is 226 g/mol. The molecule has 0 unspecified atom stereocenters. The number of rotatable bonds is 3. The van der Waals surface area contributed by atoms with Crippen molar-refractivity contribution in [2.45, 2.75) is 32.8 Å². The average Bonchev–Trinajstić information content (AvgIpc) is 2.16. The highest BCUT2D eigenvalue weighted by molar-refractivity contribution is 5.79. The Bertz CT molecular complexity index is 352. The number of nitrogens with zero attached hydrogens (tertiary/aromatic N) is 1. The molecule has 1 aromatic carbocycles. The van der Waals surface area contributed by atoms with Crippen LogP contribution in [-0.2, 0) is 4.84 Å². The Hall–Kier alpha value is -1.45. The van der Waals surface area contributed by atoms with Gasteiger partial charge in [-0.15, -0.1) is 0 Å². The summed E-state index contributed by atoms with van der Waals surface area (Å²) in [5.41, 5.74) is 0.214. The zero-order valence-corrected chi connectivity index (χ0v) is 9.50. The summed E-state index contributed by atoms with van der Waals surface area (Å²) in [4.78, 5) is 5.08. The van der Waals surface area contributed by atoms with Crippen molar-refractivity contribution < 1.29 is 13.6 Å². The quantitative estimate of drug-likeness (QED) is 0.569. The second-order valence-electron chi connectivity index (χ2n) is 4.33. The van der Waals surface area contributed by atoms with Crippen molar-refractivity contribution in [1.29, 1.82) is 0 Å². The minimum Gasteiger partial charge on any atom is -0.390 e. The van der Waals surface area contributed by atoms with Crippen molar-refractivity contribution in [2.75, 3.05) is 0 Å². The van der Waals surface area contributed by atoms with Crippen LogP contribution in [0.1, 0.15) is 38.3 Å². The Morgan fingerprint density at radius 1 is 1.19 bits per heavy atom. The maximum Gasteiger partial charge on any atom is 0.263 e. The normalized spacial score (nSPS) is 12.4. The van der Waals surface area contributed by atoms with Gasteiger partial charge in [0.05, 0.1) is 0 Å². The smallest absolute Gasteiger partial charge is 0.263 e. The molecular weight excluding hydrogens is 212 g/mol. The summed E-state index contributed by atoms with van der Waals surface area (Å²) in [7, 11) is 0. The van der Waals surface area contributed by atoms with E-state index in [1.165, 1.54) is 24.3 Å². The van der Waals surface area contributed by atoms with Crippen molar-refractivity contribution in [3.63, 3.8) is 0 Å². The first-order valence-electron chi connectivity index (χ1n) is 4.91. The number of alkyl halides is 2. The minimum atomic E-state index is -2.45. The van der Waals surface area contributed by atoms with Crippen LogP contribution in [0.5, 0.6) is 0 Å². The fraction of sp³-hybridized carbons (Fsp3) is 0.417. The monoisotopic (exact) mass is 226 g/mol.